The molecule has 0 bridgehead atoms. The average Bonchev–Trinajstić information content (AvgIpc) is 3.17. The van der Waals surface area contributed by atoms with E-state index in [1.807, 2.05) is 55.5 Å². The third kappa shape index (κ3) is 3.71. The average molecular weight is 390 g/mol. The molecule has 2 N–H and O–H groups in total. The smallest absolute Gasteiger partial charge is 0.307 e. The number of imidazole rings is 1. The molecule has 0 fully saturated rings. The second-order valence-electron chi connectivity index (χ2n) is 6.72. The minimum atomic E-state index is -0.238. The van der Waals surface area contributed by atoms with E-state index < -0.39 is 0 Å². The number of hydrogen-bond donors (Lipinski definition) is 2. The second kappa shape index (κ2) is 7.79. The van der Waals surface area contributed by atoms with Crippen LogP contribution in [0.3, 0.4) is 0 Å². The number of nitrogens with zero attached hydrogens (tertiary/aromatic N) is 2. The number of esters is 1. The van der Waals surface area contributed by atoms with Gasteiger partial charge in [0.1, 0.15) is 11.4 Å². The lowest BCUT2D eigenvalue weighted by Crippen LogP contribution is -2.26. The quantitative estimate of drug-likeness (QED) is 0.488. The minimum Gasteiger partial charge on any atom is -0.469 e. The number of methoxy groups -OCH3 is 1. The number of H-pyrrole nitrogens is 1. The van der Waals surface area contributed by atoms with Gasteiger partial charge in [0.2, 0.25) is 5.55 Å². The summed E-state index contributed by atoms with van der Waals surface area (Å²) in [5, 5.41) is 9.23. The van der Waals surface area contributed by atoms with Crippen molar-refractivity contribution in [1.82, 2.24) is 9.97 Å². The van der Waals surface area contributed by atoms with Crippen LogP contribution < -0.4 is 10.5 Å². The van der Waals surface area contributed by atoms with Crippen LogP contribution >= 0.6 is 0 Å². The van der Waals surface area contributed by atoms with Crippen molar-refractivity contribution >= 4 is 33.7 Å². The molecule has 0 unspecified atom stereocenters. The van der Waals surface area contributed by atoms with Crippen LogP contribution in [-0.2, 0) is 9.53 Å². The van der Waals surface area contributed by atoms with Gasteiger partial charge in [0.05, 0.1) is 30.1 Å². The van der Waals surface area contributed by atoms with Crippen LogP contribution in [-0.4, -0.2) is 36.1 Å². The Morgan fingerprint density at radius 3 is 2.83 bits per heavy atom. The maximum atomic E-state index is 11.5. The predicted octanol–water partition coefficient (Wildman–Crippen LogP) is 3.84. The number of aromatic nitrogens is 2. The largest absolute Gasteiger partial charge is 0.469 e. The standard InChI is InChI=1S/C22H22N4O3/c1-3-26(11-10-20(27)28-2)15-9-8-14-12-16(21(23)29-19(14)13-15)22-24-17-6-4-5-7-18(17)25-22/h4-9,12-13,23H,3,10-11H2,1-2H3,(H,24,25). The Bertz CT molecular complexity index is 1210. The van der Waals surface area contributed by atoms with Crippen LogP contribution in [0.25, 0.3) is 33.4 Å². The third-order valence-corrected chi connectivity index (χ3v) is 4.96. The fourth-order valence-electron chi connectivity index (χ4n) is 3.37. The van der Waals surface area contributed by atoms with Crippen molar-refractivity contribution in [2.24, 2.45) is 0 Å². The molecule has 4 aromatic rings. The molecule has 0 atom stereocenters. The van der Waals surface area contributed by atoms with E-state index in [0.29, 0.717) is 29.9 Å². The molecule has 0 saturated carbocycles. The Morgan fingerprint density at radius 1 is 1.24 bits per heavy atom. The highest BCUT2D eigenvalue weighted by Gasteiger charge is 2.13. The lowest BCUT2D eigenvalue weighted by Gasteiger charge is -2.22. The summed E-state index contributed by atoms with van der Waals surface area (Å²) in [5.74, 6) is 0.372. The molecule has 7 heteroatoms. The summed E-state index contributed by atoms with van der Waals surface area (Å²) in [6.45, 7) is 3.33. The van der Waals surface area contributed by atoms with E-state index in [-0.39, 0.29) is 11.5 Å². The van der Waals surface area contributed by atoms with Gasteiger partial charge < -0.3 is 19.0 Å². The highest BCUT2D eigenvalue weighted by Crippen LogP contribution is 2.25. The zero-order valence-electron chi connectivity index (χ0n) is 16.4. The van der Waals surface area contributed by atoms with Gasteiger partial charge >= 0.3 is 5.97 Å². The minimum absolute atomic E-state index is 0.0475. The number of para-hydroxylation sites is 2. The van der Waals surface area contributed by atoms with Crippen molar-refractivity contribution in [3.05, 3.63) is 54.1 Å². The van der Waals surface area contributed by atoms with Crippen LogP contribution in [0.2, 0.25) is 0 Å². The van der Waals surface area contributed by atoms with Gasteiger partial charge in [-0.1, -0.05) is 12.1 Å². The number of hydrogen-bond acceptors (Lipinski definition) is 6. The first kappa shape index (κ1) is 18.7. The fourth-order valence-corrected chi connectivity index (χ4v) is 3.37. The van der Waals surface area contributed by atoms with Gasteiger partial charge in [-0.3, -0.25) is 10.2 Å². The Morgan fingerprint density at radius 2 is 2.07 bits per heavy atom. The van der Waals surface area contributed by atoms with Crippen LogP contribution in [0, 0.1) is 5.41 Å². The molecule has 0 amide bonds. The molecule has 0 aliphatic rings. The zero-order chi connectivity index (χ0) is 20.4. The van der Waals surface area contributed by atoms with Crippen molar-refractivity contribution in [2.75, 3.05) is 25.1 Å². The summed E-state index contributed by atoms with van der Waals surface area (Å²) in [6.07, 6.45) is 0.314. The topological polar surface area (TPSA) is 95.2 Å². The highest BCUT2D eigenvalue weighted by molar-refractivity contribution is 5.85. The van der Waals surface area contributed by atoms with Gasteiger partial charge in [-0.05, 0) is 37.3 Å². The SMILES string of the molecule is CCN(CCC(=O)OC)c1ccc2cc(-c3nc4ccccc4[nH]3)c(=N)oc2c1. The van der Waals surface area contributed by atoms with E-state index in [0.717, 1.165) is 28.7 Å². The molecule has 2 aromatic heterocycles. The number of nitrogens with one attached hydrogen (secondary N) is 2. The van der Waals surface area contributed by atoms with E-state index in [2.05, 4.69) is 14.9 Å². The Balaban J connectivity index is 1.69. The zero-order valence-corrected chi connectivity index (χ0v) is 16.4. The van der Waals surface area contributed by atoms with Crippen molar-refractivity contribution in [1.29, 1.82) is 5.41 Å². The maximum absolute atomic E-state index is 11.5. The van der Waals surface area contributed by atoms with Crippen LogP contribution in [0.5, 0.6) is 0 Å². The molecule has 29 heavy (non-hydrogen) atoms. The van der Waals surface area contributed by atoms with Crippen LogP contribution in [0.1, 0.15) is 13.3 Å². The van der Waals surface area contributed by atoms with Crippen LogP contribution in [0.15, 0.2) is 52.9 Å². The van der Waals surface area contributed by atoms with Crippen LogP contribution in [0.4, 0.5) is 5.69 Å². The van der Waals surface area contributed by atoms with Gasteiger partial charge in [0.25, 0.3) is 0 Å². The first-order chi connectivity index (χ1) is 14.1. The van der Waals surface area contributed by atoms with E-state index in [9.17, 15) is 4.79 Å². The van der Waals surface area contributed by atoms with E-state index >= 15 is 0 Å². The van der Waals surface area contributed by atoms with E-state index in [4.69, 9.17) is 14.6 Å². The van der Waals surface area contributed by atoms with Gasteiger partial charge in [0.15, 0.2) is 0 Å². The molecule has 2 heterocycles. The molecule has 0 spiro atoms. The second-order valence-corrected chi connectivity index (χ2v) is 6.72. The fraction of sp³-hybridized carbons (Fsp3) is 0.227. The number of benzene rings is 2. The summed E-state index contributed by atoms with van der Waals surface area (Å²) < 4.78 is 10.5. The maximum Gasteiger partial charge on any atom is 0.307 e. The summed E-state index contributed by atoms with van der Waals surface area (Å²) in [7, 11) is 1.39. The Hall–Kier alpha value is -3.61. The van der Waals surface area contributed by atoms with Gasteiger partial charge in [0, 0.05) is 30.2 Å². The number of aromatic amines is 1. The summed E-state index contributed by atoms with van der Waals surface area (Å²) in [5.41, 5.74) is 3.97. The molecule has 0 aliphatic heterocycles. The third-order valence-electron chi connectivity index (χ3n) is 4.96. The molecule has 0 radical (unpaired) electrons. The van der Waals surface area contributed by atoms with Crippen molar-refractivity contribution in [2.45, 2.75) is 13.3 Å². The number of rotatable bonds is 6. The van der Waals surface area contributed by atoms with Crippen molar-refractivity contribution in [3.8, 4) is 11.4 Å². The highest BCUT2D eigenvalue weighted by atomic mass is 16.5. The number of anilines is 1. The summed E-state index contributed by atoms with van der Waals surface area (Å²) >= 11 is 0. The Labute approximate surface area is 167 Å². The first-order valence-electron chi connectivity index (χ1n) is 9.48. The first-order valence-corrected chi connectivity index (χ1v) is 9.48. The Kier molecular flexibility index (Phi) is 5.03. The molecule has 4 rings (SSSR count). The molecule has 0 saturated heterocycles. The number of ether oxygens (including phenoxy) is 1. The number of carbonyl (C=O) groups excluding carboxylic acids is 1. The van der Waals surface area contributed by atoms with Crippen molar-refractivity contribution in [3.63, 3.8) is 0 Å². The molecule has 0 aliphatic carbocycles. The molecule has 148 valence electrons. The lowest BCUT2D eigenvalue weighted by molar-refractivity contribution is -0.140. The monoisotopic (exact) mass is 390 g/mol. The van der Waals surface area contributed by atoms with Crippen molar-refractivity contribution < 1.29 is 13.9 Å². The van der Waals surface area contributed by atoms with Gasteiger partial charge in [-0.25, -0.2) is 4.98 Å². The van der Waals surface area contributed by atoms with E-state index in [1.165, 1.54) is 7.11 Å². The molecule has 7 nitrogen and oxygen atoms in total. The van der Waals surface area contributed by atoms with Gasteiger partial charge in [-0.2, -0.15) is 0 Å². The predicted molar refractivity (Wildman–Crippen MR) is 112 cm³/mol. The van der Waals surface area contributed by atoms with Gasteiger partial charge in [-0.15, -0.1) is 0 Å². The number of carbonyl (C=O) groups is 1. The lowest BCUT2D eigenvalue weighted by atomic mass is 10.1. The van der Waals surface area contributed by atoms with E-state index in [1.54, 1.807) is 0 Å². The summed E-state index contributed by atoms with van der Waals surface area (Å²) in [6, 6.07) is 15.5. The molecule has 2 aromatic carbocycles. The molecular weight excluding hydrogens is 368 g/mol. The number of fused-ring (bicyclic) bond motifs is 2. The molecular formula is C22H22N4O3. The normalized spacial score (nSPS) is 11.1. The summed E-state index contributed by atoms with van der Waals surface area (Å²) in [4.78, 5) is 21.3.